The van der Waals surface area contributed by atoms with Crippen molar-refractivity contribution < 1.29 is 37.3 Å². The number of urea groups is 1. The molecule has 0 saturated heterocycles. The van der Waals surface area contributed by atoms with Gasteiger partial charge in [-0.25, -0.2) is 13.2 Å². The topological polar surface area (TPSA) is 147 Å². The molecule has 3 atom stereocenters. The van der Waals surface area contributed by atoms with Crippen LogP contribution >= 0.6 is 11.3 Å². The third-order valence-corrected chi connectivity index (χ3v) is 10.6. The van der Waals surface area contributed by atoms with E-state index in [0.29, 0.717) is 34.2 Å². The van der Waals surface area contributed by atoms with Crippen molar-refractivity contribution in [2.24, 2.45) is 5.92 Å². The summed E-state index contributed by atoms with van der Waals surface area (Å²) in [6.07, 6.45) is -0.659. The van der Waals surface area contributed by atoms with Crippen molar-refractivity contribution in [2.75, 3.05) is 44.2 Å². The fourth-order valence-corrected chi connectivity index (χ4v) is 7.29. The molecular weight excluding hydrogens is 596 g/mol. The molecule has 14 heteroatoms. The number of nitrogens with one attached hydrogen (secondary N) is 2. The number of thiophene rings is 1. The third-order valence-electron chi connectivity index (χ3n) is 7.40. The third kappa shape index (κ3) is 6.88. The Morgan fingerprint density at radius 1 is 1.12 bits per heavy atom. The highest BCUT2D eigenvalue weighted by molar-refractivity contribution is 7.91. The van der Waals surface area contributed by atoms with Gasteiger partial charge in [-0.3, -0.25) is 4.79 Å². The number of carbonyl (C=O) groups excluding carboxylic acids is 2. The molecule has 3 aromatic rings. The minimum atomic E-state index is -3.74. The van der Waals surface area contributed by atoms with Gasteiger partial charge in [-0.1, -0.05) is 13.0 Å². The number of aliphatic hydroxyl groups excluding tert-OH is 1. The van der Waals surface area contributed by atoms with E-state index in [-0.39, 0.29) is 48.9 Å². The minimum absolute atomic E-state index is 0.0360. The summed E-state index contributed by atoms with van der Waals surface area (Å²) >= 11 is 1.14. The molecule has 2 aromatic carbocycles. The first kappa shape index (κ1) is 30.6. The van der Waals surface area contributed by atoms with Gasteiger partial charge in [0, 0.05) is 42.5 Å². The Morgan fingerprint density at radius 2 is 1.81 bits per heavy atom. The summed E-state index contributed by atoms with van der Waals surface area (Å²) in [4.78, 5) is 27.9. The molecule has 3 amide bonds. The Labute approximate surface area is 254 Å². The molecule has 3 N–H and O–H groups in total. The van der Waals surface area contributed by atoms with Gasteiger partial charge >= 0.3 is 6.03 Å². The summed E-state index contributed by atoms with van der Waals surface area (Å²) in [6, 6.07) is 12.3. The smallest absolute Gasteiger partial charge is 0.323 e. The van der Waals surface area contributed by atoms with E-state index in [9.17, 15) is 23.1 Å². The second-order valence-corrected chi connectivity index (χ2v) is 13.8. The van der Waals surface area contributed by atoms with E-state index in [1.807, 2.05) is 6.92 Å². The number of sulfonamides is 1. The van der Waals surface area contributed by atoms with Crippen molar-refractivity contribution in [3.63, 3.8) is 0 Å². The maximum atomic E-state index is 13.5. The monoisotopic (exact) mass is 630 g/mol. The van der Waals surface area contributed by atoms with Gasteiger partial charge in [-0.2, -0.15) is 4.31 Å². The zero-order valence-corrected chi connectivity index (χ0v) is 25.6. The quantitative estimate of drug-likeness (QED) is 0.342. The van der Waals surface area contributed by atoms with Gasteiger partial charge in [-0.15, -0.1) is 11.3 Å². The second-order valence-electron chi connectivity index (χ2n) is 10.6. The first-order valence-electron chi connectivity index (χ1n) is 13.7. The molecule has 0 saturated carbocycles. The number of hydrogen-bond acceptors (Lipinski definition) is 9. The van der Waals surface area contributed by atoms with Crippen molar-refractivity contribution >= 4 is 44.7 Å². The van der Waals surface area contributed by atoms with E-state index in [2.05, 4.69) is 10.6 Å². The summed E-state index contributed by atoms with van der Waals surface area (Å²) in [5.74, 6) is 1.04. The molecule has 43 heavy (non-hydrogen) atoms. The van der Waals surface area contributed by atoms with Crippen LogP contribution in [0.2, 0.25) is 0 Å². The van der Waals surface area contributed by atoms with E-state index < -0.39 is 28.2 Å². The fraction of sp³-hybridized carbons (Fsp3) is 0.379. The average molecular weight is 631 g/mol. The number of carbonyl (C=O) groups is 2. The number of nitrogens with zero attached hydrogens (tertiary/aromatic N) is 2. The second kappa shape index (κ2) is 12.8. The van der Waals surface area contributed by atoms with Crippen LogP contribution in [-0.4, -0.2) is 80.4 Å². The van der Waals surface area contributed by atoms with E-state index in [0.717, 1.165) is 11.3 Å². The van der Waals surface area contributed by atoms with Crippen molar-refractivity contribution in [1.82, 2.24) is 9.21 Å². The summed E-state index contributed by atoms with van der Waals surface area (Å²) < 4.78 is 44.9. The van der Waals surface area contributed by atoms with Crippen molar-refractivity contribution in [1.29, 1.82) is 0 Å². The fourth-order valence-electron chi connectivity index (χ4n) is 4.91. The van der Waals surface area contributed by atoms with Gasteiger partial charge in [0.05, 0.1) is 25.6 Å². The summed E-state index contributed by atoms with van der Waals surface area (Å²) in [5.41, 5.74) is 1.45. The number of hydrogen-bond donors (Lipinski definition) is 3. The van der Waals surface area contributed by atoms with Gasteiger partial charge in [0.1, 0.15) is 16.1 Å². The number of fused-ring (bicyclic) bond motifs is 2. The Bertz CT molecular complexity index is 1580. The molecule has 0 unspecified atom stereocenters. The van der Waals surface area contributed by atoms with Crippen LogP contribution in [0.3, 0.4) is 0 Å². The average Bonchev–Trinajstić information content (AvgIpc) is 3.69. The molecule has 0 aliphatic carbocycles. The lowest BCUT2D eigenvalue weighted by Crippen LogP contribution is -2.48. The number of rotatable bonds is 8. The van der Waals surface area contributed by atoms with E-state index in [1.165, 1.54) is 11.4 Å². The molecule has 3 heterocycles. The van der Waals surface area contributed by atoms with Crippen LogP contribution in [0.4, 0.5) is 16.2 Å². The Hall–Kier alpha value is -3.85. The van der Waals surface area contributed by atoms with Crippen molar-refractivity contribution in [3.8, 4) is 17.2 Å². The summed E-state index contributed by atoms with van der Waals surface area (Å²) in [5, 5.41) is 17.1. The maximum absolute atomic E-state index is 13.5. The van der Waals surface area contributed by atoms with Crippen LogP contribution in [0.25, 0.3) is 0 Å². The molecule has 0 radical (unpaired) electrons. The van der Waals surface area contributed by atoms with Crippen LogP contribution in [0, 0.1) is 5.92 Å². The lowest BCUT2D eigenvalue weighted by molar-refractivity contribution is -0.134. The van der Waals surface area contributed by atoms with Gasteiger partial charge in [0.2, 0.25) is 12.7 Å². The SMILES string of the molecule is C[C@H]1CN([C@@H](C)CO)C(=O)Cc2cc(NC(=O)Nc3ccc4c(c3)OCO4)ccc2O[C@H]1CN(C)S(=O)(=O)c1cccs1. The molecule has 2 aliphatic heterocycles. The maximum Gasteiger partial charge on any atom is 0.323 e. The Kier molecular flexibility index (Phi) is 9.11. The molecule has 230 valence electrons. The number of amides is 3. The number of benzene rings is 2. The largest absolute Gasteiger partial charge is 0.488 e. The number of ether oxygens (including phenoxy) is 3. The molecule has 1 aromatic heterocycles. The Morgan fingerprint density at radius 3 is 2.51 bits per heavy atom. The lowest BCUT2D eigenvalue weighted by Gasteiger charge is -2.33. The highest BCUT2D eigenvalue weighted by atomic mass is 32.2. The van der Waals surface area contributed by atoms with E-state index >= 15 is 0 Å². The predicted octanol–water partition coefficient (Wildman–Crippen LogP) is 3.59. The molecule has 12 nitrogen and oxygen atoms in total. The molecule has 5 rings (SSSR count). The number of likely N-dealkylation sites (N-methyl/N-ethyl adjacent to an activating group) is 1. The molecule has 0 bridgehead atoms. The molecular formula is C29H34N4O8S2. The highest BCUT2D eigenvalue weighted by Gasteiger charge is 2.33. The molecule has 0 spiro atoms. The van der Waals surface area contributed by atoms with E-state index in [1.54, 1.807) is 65.7 Å². The Balaban J connectivity index is 1.38. The highest BCUT2D eigenvalue weighted by Crippen LogP contribution is 2.34. The number of anilines is 2. The van der Waals surface area contributed by atoms with Gasteiger partial charge < -0.3 is 34.9 Å². The van der Waals surface area contributed by atoms with Crippen LogP contribution in [0.15, 0.2) is 58.1 Å². The van der Waals surface area contributed by atoms with E-state index in [4.69, 9.17) is 14.2 Å². The standard InChI is InChI=1S/C29H34N4O8S2/c1-18-14-33(19(2)16-34)27(35)12-20-11-21(30-29(36)31-22-7-9-24-25(13-22)40-17-39-24)6-8-23(20)41-26(18)15-32(3)43(37,38)28-5-4-10-42-28/h4-11,13,18-19,26,34H,12,14-17H2,1-3H3,(H2,30,31,36)/t18-,19-,26-/m0/s1. The zero-order chi connectivity index (χ0) is 30.7. The predicted molar refractivity (Wildman–Crippen MR) is 161 cm³/mol. The van der Waals surface area contributed by atoms with Gasteiger partial charge in [0.15, 0.2) is 11.5 Å². The van der Waals surface area contributed by atoms with Crippen LogP contribution in [-0.2, 0) is 21.2 Å². The molecule has 2 aliphatic rings. The van der Waals surface area contributed by atoms with Crippen LogP contribution in [0.1, 0.15) is 19.4 Å². The minimum Gasteiger partial charge on any atom is -0.488 e. The first-order chi connectivity index (χ1) is 20.5. The zero-order valence-electron chi connectivity index (χ0n) is 24.0. The van der Waals surface area contributed by atoms with Crippen molar-refractivity contribution in [3.05, 3.63) is 59.5 Å². The lowest BCUT2D eigenvalue weighted by atomic mass is 10.0. The van der Waals surface area contributed by atoms with Crippen molar-refractivity contribution in [2.45, 2.75) is 36.6 Å². The van der Waals surface area contributed by atoms with Gasteiger partial charge in [-0.05, 0) is 48.7 Å². The molecule has 0 fully saturated rings. The number of aliphatic hydroxyl groups is 1. The van der Waals surface area contributed by atoms with Crippen LogP contribution < -0.4 is 24.8 Å². The summed E-state index contributed by atoms with van der Waals surface area (Å²) in [7, 11) is -2.24. The first-order valence-corrected chi connectivity index (χ1v) is 16.0. The summed E-state index contributed by atoms with van der Waals surface area (Å²) in [6.45, 7) is 3.83. The van der Waals surface area contributed by atoms with Gasteiger partial charge in [0.25, 0.3) is 10.0 Å². The normalized spacial score (nSPS) is 19.1. The van der Waals surface area contributed by atoms with Crippen LogP contribution in [0.5, 0.6) is 17.2 Å².